The van der Waals surface area contributed by atoms with Gasteiger partial charge in [0.2, 0.25) is 0 Å². The van der Waals surface area contributed by atoms with E-state index in [0.29, 0.717) is 11.6 Å². The van der Waals surface area contributed by atoms with Gasteiger partial charge < -0.3 is 10.5 Å². The smallest absolute Gasteiger partial charge is 0.0816 e. The minimum atomic E-state index is -0.205. The second-order valence-electron chi connectivity index (χ2n) is 5.29. The molecule has 1 aromatic rings. The van der Waals surface area contributed by atoms with Gasteiger partial charge in [0.15, 0.2) is 0 Å². The van der Waals surface area contributed by atoms with Gasteiger partial charge in [-0.1, -0.05) is 50.6 Å². The summed E-state index contributed by atoms with van der Waals surface area (Å²) < 4.78 is 5.79. The van der Waals surface area contributed by atoms with Crippen LogP contribution in [-0.4, -0.2) is 12.7 Å². The molecule has 2 unspecified atom stereocenters. The van der Waals surface area contributed by atoms with E-state index >= 15 is 0 Å². The number of nitrogens with two attached hydrogens (primary N) is 1. The van der Waals surface area contributed by atoms with Gasteiger partial charge in [0.1, 0.15) is 0 Å². The number of rotatable bonds is 4. The Bertz CT molecular complexity index is 359. The first-order valence-corrected chi connectivity index (χ1v) is 6.37. The van der Waals surface area contributed by atoms with E-state index in [-0.39, 0.29) is 17.6 Å². The van der Waals surface area contributed by atoms with E-state index in [2.05, 4.69) is 20.8 Å². The molecule has 0 spiro atoms. The van der Waals surface area contributed by atoms with Crippen LogP contribution in [0.2, 0.25) is 5.02 Å². The Morgan fingerprint density at radius 2 is 1.88 bits per heavy atom. The van der Waals surface area contributed by atoms with Crippen molar-refractivity contribution in [3.05, 3.63) is 34.9 Å². The maximum Gasteiger partial charge on any atom is 0.0816 e. The summed E-state index contributed by atoms with van der Waals surface area (Å²) in [7, 11) is 0. The van der Waals surface area contributed by atoms with Crippen molar-refractivity contribution in [1.29, 1.82) is 0 Å². The molecule has 0 aliphatic carbocycles. The molecule has 2 nitrogen and oxygen atoms in total. The summed E-state index contributed by atoms with van der Waals surface area (Å²) in [6.45, 7) is 9.02. The summed E-state index contributed by atoms with van der Waals surface area (Å²) >= 11 is 6.18. The molecule has 0 fully saturated rings. The van der Waals surface area contributed by atoms with Gasteiger partial charge in [-0.25, -0.2) is 0 Å². The first kappa shape index (κ1) is 14.5. The van der Waals surface area contributed by atoms with E-state index in [0.717, 1.165) is 5.56 Å². The molecule has 17 heavy (non-hydrogen) atoms. The molecule has 0 aromatic heterocycles. The number of hydrogen-bond acceptors (Lipinski definition) is 2. The van der Waals surface area contributed by atoms with E-state index < -0.39 is 0 Å². The molecule has 96 valence electrons. The second-order valence-corrected chi connectivity index (χ2v) is 5.70. The SMILES string of the molecule is CCOC(C(N)c1ccccc1Cl)C(C)(C)C. The normalized spacial score (nSPS) is 15.6. The third-order valence-corrected chi connectivity index (χ3v) is 3.13. The van der Waals surface area contributed by atoms with E-state index in [4.69, 9.17) is 22.1 Å². The fraction of sp³-hybridized carbons (Fsp3) is 0.571. The van der Waals surface area contributed by atoms with Gasteiger partial charge in [0, 0.05) is 11.6 Å². The average Bonchev–Trinajstić information content (AvgIpc) is 2.24. The summed E-state index contributed by atoms with van der Waals surface area (Å²) in [5, 5.41) is 0.703. The maximum atomic E-state index is 6.30. The summed E-state index contributed by atoms with van der Waals surface area (Å²) in [5.41, 5.74) is 7.23. The first-order valence-electron chi connectivity index (χ1n) is 5.99. The Kier molecular flexibility index (Phi) is 4.99. The van der Waals surface area contributed by atoms with Gasteiger partial charge in [0.05, 0.1) is 12.1 Å². The molecule has 0 radical (unpaired) electrons. The van der Waals surface area contributed by atoms with Crippen molar-refractivity contribution in [1.82, 2.24) is 0 Å². The maximum absolute atomic E-state index is 6.30. The lowest BCUT2D eigenvalue weighted by atomic mass is 9.82. The average molecular weight is 256 g/mol. The van der Waals surface area contributed by atoms with Crippen LogP contribution in [-0.2, 0) is 4.74 Å². The lowest BCUT2D eigenvalue weighted by Crippen LogP contribution is -2.39. The Hall–Kier alpha value is -0.570. The number of benzene rings is 1. The predicted octanol–water partition coefficient (Wildman–Crippen LogP) is 3.79. The highest BCUT2D eigenvalue weighted by Crippen LogP contribution is 2.33. The zero-order chi connectivity index (χ0) is 13.1. The Morgan fingerprint density at radius 3 is 2.35 bits per heavy atom. The molecule has 3 heteroatoms. The van der Waals surface area contributed by atoms with Crippen molar-refractivity contribution < 1.29 is 4.74 Å². The molecule has 1 aromatic carbocycles. The highest BCUT2D eigenvalue weighted by Gasteiger charge is 2.32. The molecule has 0 heterocycles. The van der Waals surface area contributed by atoms with Crippen molar-refractivity contribution in [2.24, 2.45) is 11.1 Å². The van der Waals surface area contributed by atoms with Crippen LogP contribution in [0.4, 0.5) is 0 Å². The van der Waals surface area contributed by atoms with Crippen molar-refractivity contribution in [3.63, 3.8) is 0 Å². The summed E-state index contributed by atoms with van der Waals surface area (Å²) in [5.74, 6) is 0. The van der Waals surface area contributed by atoms with E-state index in [1.807, 2.05) is 31.2 Å². The molecule has 0 saturated carbocycles. The van der Waals surface area contributed by atoms with Crippen LogP contribution >= 0.6 is 11.6 Å². The standard InChI is InChI=1S/C14H22ClNO/c1-5-17-13(14(2,3)4)12(16)10-8-6-7-9-11(10)15/h6-9,12-13H,5,16H2,1-4H3. The monoisotopic (exact) mass is 255 g/mol. The van der Waals surface area contributed by atoms with Gasteiger partial charge in [0.25, 0.3) is 0 Å². The Labute approximate surface area is 109 Å². The van der Waals surface area contributed by atoms with E-state index in [1.54, 1.807) is 0 Å². The van der Waals surface area contributed by atoms with E-state index in [1.165, 1.54) is 0 Å². The third kappa shape index (κ3) is 3.70. The molecular weight excluding hydrogens is 234 g/mol. The van der Waals surface area contributed by atoms with Crippen molar-refractivity contribution >= 4 is 11.6 Å². The summed E-state index contributed by atoms with van der Waals surface area (Å²) in [4.78, 5) is 0. The summed E-state index contributed by atoms with van der Waals surface area (Å²) in [6, 6.07) is 7.48. The molecule has 0 aliphatic rings. The van der Waals surface area contributed by atoms with Crippen LogP contribution in [0, 0.1) is 5.41 Å². The van der Waals surface area contributed by atoms with Crippen LogP contribution in [0.1, 0.15) is 39.3 Å². The van der Waals surface area contributed by atoms with Crippen molar-refractivity contribution in [2.45, 2.75) is 39.8 Å². The third-order valence-electron chi connectivity index (χ3n) is 2.79. The molecule has 2 atom stereocenters. The van der Waals surface area contributed by atoms with Crippen LogP contribution in [0.15, 0.2) is 24.3 Å². The molecule has 0 saturated heterocycles. The molecule has 2 N–H and O–H groups in total. The lowest BCUT2D eigenvalue weighted by molar-refractivity contribution is -0.0282. The minimum absolute atomic E-state index is 0.0192. The Balaban J connectivity index is 3.00. The lowest BCUT2D eigenvalue weighted by Gasteiger charge is -2.35. The zero-order valence-corrected chi connectivity index (χ0v) is 11.8. The van der Waals surface area contributed by atoms with Crippen LogP contribution in [0.3, 0.4) is 0 Å². The minimum Gasteiger partial charge on any atom is -0.376 e. The van der Waals surface area contributed by atoms with E-state index in [9.17, 15) is 0 Å². The number of hydrogen-bond donors (Lipinski definition) is 1. The van der Waals surface area contributed by atoms with Gasteiger partial charge in [-0.3, -0.25) is 0 Å². The van der Waals surface area contributed by atoms with Crippen LogP contribution in [0.5, 0.6) is 0 Å². The zero-order valence-electron chi connectivity index (χ0n) is 11.0. The Morgan fingerprint density at radius 1 is 1.29 bits per heavy atom. The van der Waals surface area contributed by atoms with Gasteiger partial charge in [-0.2, -0.15) is 0 Å². The molecule has 0 amide bonds. The fourth-order valence-electron chi connectivity index (χ4n) is 1.98. The number of ether oxygens (including phenoxy) is 1. The molecular formula is C14H22ClNO. The quantitative estimate of drug-likeness (QED) is 0.889. The van der Waals surface area contributed by atoms with Gasteiger partial charge in [-0.15, -0.1) is 0 Å². The van der Waals surface area contributed by atoms with Crippen LogP contribution < -0.4 is 5.73 Å². The molecule has 0 aliphatic heterocycles. The largest absolute Gasteiger partial charge is 0.376 e. The van der Waals surface area contributed by atoms with Crippen molar-refractivity contribution in [2.75, 3.05) is 6.61 Å². The number of halogens is 1. The van der Waals surface area contributed by atoms with Gasteiger partial charge in [-0.05, 0) is 24.0 Å². The highest BCUT2D eigenvalue weighted by molar-refractivity contribution is 6.31. The van der Waals surface area contributed by atoms with Crippen molar-refractivity contribution in [3.8, 4) is 0 Å². The highest BCUT2D eigenvalue weighted by atomic mass is 35.5. The predicted molar refractivity (Wildman–Crippen MR) is 73.2 cm³/mol. The first-order chi connectivity index (χ1) is 7.88. The second kappa shape index (κ2) is 5.85. The van der Waals surface area contributed by atoms with Gasteiger partial charge >= 0.3 is 0 Å². The van der Waals surface area contributed by atoms with Crippen LogP contribution in [0.25, 0.3) is 0 Å². The molecule has 1 rings (SSSR count). The topological polar surface area (TPSA) is 35.2 Å². The fourth-order valence-corrected chi connectivity index (χ4v) is 2.24. The summed E-state index contributed by atoms with van der Waals surface area (Å²) in [6.07, 6.45) is -0.0487. The molecule has 0 bridgehead atoms.